The maximum Gasteiger partial charge on any atom is 0.324 e. The second-order valence-corrected chi connectivity index (χ2v) is 9.20. The molecule has 0 aromatic carbocycles. The largest absolute Gasteiger partial charge is 0.382 e. The number of anilines is 1. The molecule has 1 fully saturated rings. The number of fused-ring (bicyclic) bond motifs is 1. The third kappa shape index (κ3) is 4.67. The maximum absolute atomic E-state index is 12.1. The Morgan fingerprint density at radius 3 is 2.83 bits per heavy atom. The molecule has 2 aromatic heterocycles. The van der Waals surface area contributed by atoms with Crippen LogP contribution in [0.15, 0.2) is 11.1 Å². The van der Waals surface area contributed by atoms with Gasteiger partial charge in [-0.2, -0.15) is 4.98 Å². The van der Waals surface area contributed by atoms with Gasteiger partial charge in [0.1, 0.15) is 12.2 Å². The summed E-state index contributed by atoms with van der Waals surface area (Å²) in [6, 6.07) is 0. The van der Waals surface area contributed by atoms with Crippen molar-refractivity contribution in [2.45, 2.75) is 37.9 Å². The van der Waals surface area contributed by atoms with Crippen LogP contribution >= 0.6 is 6.72 Å². The Kier molecular flexibility index (Phi) is 7.02. The third-order valence-corrected chi connectivity index (χ3v) is 6.17. The second kappa shape index (κ2) is 9.14. The van der Waals surface area contributed by atoms with Crippen LogP contribution in [0.25, 0.3) is 11.2 Å². The molecule has 1 aliphatic heterocycles. The average Bonchev–Trinajstić information content (AvgIpc) is 3.23. The normalized spacial score (nSPS) is 26.8. The van der Waals surface area contributed by atoms with E-state index < -0.39 is 36.8 Å². The quantitative estimate of drug-likeness (QED) is 0.357. The standard InChI is InChI=1S/C15H24N5O7PS/c1-4-8-10(27-28(22,29)24-3)11(25-6-5-23-2)14(26-8)20-7-17-9-12(20)18-15(16)19-13(9)21/h7-8,10-11,14H,4-6H2,1-3H3,(H,22,29)(H3,16,18,19,21)/t8-,10?,11+,14-,28?/m1/s1. The van der Waals surface area contributed by atoms with Crippen molar-refractivity contribution in [2.24, 2.45) is 0 Å². The number of ether oxygens (including phenoxy) is 3. The molecule has 0 saturated carbocycles. The molecule has 2 unspecified atom stereocenters. The molecule has 3 heterocycles. The van der Waals surface area contributed by atoms with Crippen molar-refractivity contribution in [3.63, 3.8) is 0 Å². The molecule has 14 heteroatoms. The van der Waals surface area contributed by atoms with Crippen molar-refractivity contribution in [3.8, 4) is 0 Å². The van der Waals surface area contributed by atoms with Gasteiger partial charge in [0.05, 0.1) is 25.6 Å². The Balaban J connectivity index is 2.02. The highest BCUT2D eigenvalue weighted by Gasteiger charge is 2.49. The van der Waals surface area contributed by atoms with Crippen molar-refractivity contribution in [3.05, 3.63) is 16.7 Å². The summed E-state index contributed by atoms with van der Waals surface area (Å²) in [5.41, 5.74) is 5.57. The summed E-state index contributed by atoms with van der Waals surface area (Å²) in [6.07, 6.45) is -0.688. The summed E-state index contributed by atoms with van der Waals surface area (Å²) in [7, 11) is 2.83. The molecule has 162 valence electrons. The van der Waals surface area contributed by atoms with E-state index in [0.717, 1.165) is 0 Å². The zero-order valence-electron chi connectivity index (χ0n) is 16.2. The number of methoxy groups -OCH3 is 1. The minimum absolute atomic E-state index is 0.0517. The molecular weight excluding hydrogens is 425 g/mol. The van der Waals surface area contributed by atoms with Gasteiger partial charge >= 0.3 is 6.72 Å². The number of imidazole rings is 1. The Hall–Kier alpha value is -1.44. The van der Waals surface area contributed by atoms with Gasteiger partial charge in [-0.25, -0.2) is 4.98 Å². The van der Waals surface area contributed by atoms with E-state index in [0.29, 0.717) is 13.0 Å². The van der Waals surface area contributed by atoms with Crippen LogP contribution in [-0.2, 0) is 35.1 Å². The zero-order valence-corrected chi connectivity index (χ0v) is 17.9. The van der Waals surface area contributed by atoms with E-state index in [1.807, 2.05) is 6.92 Å². The van der Waals surface area contributed by atoms with Gasteiger partial charge in [0, 0.05) is 14.2 Å². The van der Waals surface area contributed by atoms with Crippen molar-refractivity contribution in [1.29, 1.82) is 0 Å². The van der Waals surface area contributed by atoms with Crippen molar-refractivity contribution in [1.82, 2.24) is 19.5 Å². The summed E-state index contributed by atoms with van der Waals surface area (Å²) >= 11 is 5.01. The molecule has 0 radical (unpaired) electrons. The Morgan fingerprint density at radius 1 is 1.41 bits per heavy atom. The highest BCUT2D eigenvalue weighted by Crippen LogP contribution is 2.49. The molecule has 4 N–H and O–H groups in total. The number of nitrogens with one attached hydrogen (secondary N) is 1. The SMILES string of the molecule is CC[C@H]1O[C@@H](n2cnc3c(=O)[nH]c(N)nc32)[C@@H](OCCOC)C1OP(O)(=S)OC. The molecular formula is C15H24N5O7PS. The lowest BCUT2D eigenvalue weighted by atomic mass is 10.1. The third-order valence-electron chi connectivity index (χ3n) is 4.50. The number of H-pyrrole nitrogens is 1. The van der Waals surface area contributed by atoms with Gasteiger partial charge < -0.3 is 29.4 Å². The van der Waals surface area contributed by atoms with Crippen LogP contribution in [0, 0.1) is 0 Å². The molecule has 29 heavy (non-hydrogen) atoms. The number of nitrogen functional groups attached to an aromatic ring is 1. The monoisotopic (exact) mass is 449 g/mol. The number of aromatic amines is 1. The molecule has 3 rings (SSSR count). The van der Waals surface area contributed by atoms with Gasteiger partial charge in [0.15, 0.2) is 17.4 Å². The first-order valence-corrected chi connectivity index (χ1v) is 11.5. The first-order valence-electron chi connectivity index (χ1n) is 8.86. The average molecular weight is 449 g/mol. The minimum atomic E-state index is -3.49. The molecule has 0 bridgehead atoms. The zero-order chi connectivity index (χ0) is 21.2. The number of hydrogen-bond donors (Lipinski definition) is 3. The van der Waals surface area contributed by atoms with Crippen LogP contribution in [-0.4, -0.2) is 70.2 Å². The van der Waals surface area contributed by atoms with Crippen LogP contribution in [0.3, 0.4) is 0 Å². The summed E-state index contributed by atoms with van der Waals surface area (Å²) in [5.74, 6) is -0.0517. The molecule has 0 aliphatic carbocycles. The number of rotatable bonds is 9. The fourth-order valence-corrected chi connectivity index (χ4v) is 4.11. The van der Waals surface area contributed by atoms with Gasteiger partial charge in [-0.3, -0.25) is 18.9 Å². The maximum atomic E-state index is 12.1. The lowest BCUT2D eigenvalue weighted by molar-refractivity contribution is -0.0753. The predicted molar refractivity (Wildman–Crippen MR) is 107 cm³/mol. The van der Waals surface area contributed by atoms with Crippen LogP contribution in [0.2, 0.25) is 0 Å². The molecule has 12 nitrogen and oxygen atoms in total. The van der Waals surface area contributed by atoms with Crippen LogP contribution in [0.4, 0.5) is 5.95 Å². The second-order valence-electron chi connectivity index (χ2n) is 6.30. The topological polar surface area (TPSA) is 156 Å². The van der Waals surface area contributed by atoms with Crippen molar-refractivity contribution >= 4 is 35.6 Å². The predicted octanol–water partition coefficient (Wildman–Crippen LogP) is 0.289. The molecule has 1 saturated heterocycles. The minimum Gasteiger partial charge on any atom is -0.382 e. The summed E-state index contributed by atoms with van der Waals surface area (Å²) < 4.78 is 29.3. The van der Waals surface area contributed by atoms with E-state index in [-0.39, 0.29) is 23.7 Å². The molecule has 1 aliphatic rings. The first kappa shape index (κ1) is 22.2. The summed E-state index contributed by atoms with van der Waals surface area (Å²) in [6.45, 7) is -1.02. The number of hydrogen-bond acceptors (Lipinski definition) is 10. The number of nitrogens with two attached hydrogens (primary N) is 1. The summed E-state index contributed by atoms with van der Waals surface area (Å²) in [4.78, 5) is 33.0. The van der Waals surface area contributed by atoms with Gasteiger partial charge in [-0.05, 0) is 18.2 Å². The van der Waals surface area contributed by atoms with Gasteiger partial charge in [0.2, 0.25) is 5.95 Å². The van der Waals surface area contributed by atoms with Crippen LogP contribution in [0.1, 0.15) is 19.6 Å². The fourth-order valence-electron chi connectivity index (χ4n) is 3.16. The van der Waals surface area contributed by atoms with E-state index in [2.05, 4.69) is 15.0 Å². The highest BCUT2D eigenvalue weighted by atomic mass is 32.5. The summed E-state index contributed by atoms with van der Waals surface area (Å²) in [5, 5.41) is 0. The Labute approximate surface area is 171 Å². The van der Waals surface area contributed by atoms with Crippen LogP contribution in [0.5, 0.6) is 0 Å². The lowest BCUT2D eigenvalue weighted by Crippen LogP contribution is -2.36. The Bertz CT molecular complexity index is 953. The van der Waals surface area contributed by atoms with E-state index >= 15 is 0 Å². The van der Waals surface area contributed by atoms with Gasteiger partial charge in [-0.1, -0.05) is 6.92 Å². The lowest BCUT2D eigenvalue weighted by Gasteiger charge is -2.27. The highest BCUT2D eigenvalue weighted by molar-refractivity contribution is 8.07. The van der Waals surface area contributed by atoms with Gasteiger partial charge in [0.25, 0.3) is 5.56 Å². The Morgan fingerprint density at radius 2 is 2.17 bits per heavy atom. The van der Waals surface area contributed by atoms with E-state index in [1.165, 1.54) is 13.4 Å². The van der Waals surface area contributed by atoms with Gasteiger partial charge in [-0.15, -0.1) is 0 Å². The van der Waals surface area contributed by atoms with E-state index in [4.69, 9.17) is 40.8 Å². The first-order chi connectivity index (χ1) is 13.8. The van der Waals surface area contributed by atoms with Crippen molar-refractivity contribution in [2.75, 3.05) is 33.2 Å². The molecule has 2 aromatic rings. The van der Waals surface area contributed by atoms with E-state index in [1.54, 1.807) is 11.7 Å². The van der Waals surface area contributed by atoms with E-state index in [9.17, 15) is 9.69 Å². The fraction of sp³-hybridized carbons (Fsp3) is 0.667. The van der Waals surface area contributed by atoms with Crippen molar-refractivity contribution < 1.29 is 28.2 Å². The number of nitrogens with zero attached hydrogens (tertiary/aromatic N) is 3. The number of aromatic nitrogens is 4. The molecule has 0 spiro atoms. The molecule has 0 amide bonds. The smallest absolute Gasteiger partial charge is 0.324 e. The van der Waals surface area contributed by atoms with Crippen LogP contribution < -0.4 is 11.3 Å². The molecule has 5 atom stereocenters.